The Kier molecular flexibility index (Phi) is 1.82. The summed E-state index contributed by atoms with van der Waals surface area (Å²) in [5.41, 5.74) is 3.24. The molecule has 2 rings (SSSR count). The van der Waals surface area contributed by atoms with Crippen LogP contribution in [-0.2, 0) is 4.74 Å². The molecule has 0 aromatic carbocycles. The van der Waals surface area contributed by atoms with Gasteiger partial charge >= 0.3 is 0 Å². The molecular formula is C12H19NO. The average molecular weight is 193 g/mol. The van der Waals surface area contributed by atoms with Gasteiger partial charge in [0.15, 0.2) is 5.90 Å². The van der Waals surface area contributed by atoms with E-state index in [1.807, 2.05) is 0 Å². The van der Waals surface area contributed by atoms with E-state index >= 15 is 0 Å². The Labute approximate surface area is 86.1 Å². The quantitative estimate of drug-likeness (QED) is 0.542. The van der Waals surface area contributed by atoms with E-state index in [9.17, 15) is 0 Å². The van der Waals surface area contributed by atoms with E-state index in [4.69, 9.17) is 4.74 Å². The summed E-state index contributed by atoms with van der Waals surface area (Å²) in [5.74, 6) is 0.937. The van der Waals surface area contributed by atoms with E-state index in [2.05, 4.69) is 32.7 Å². The number of aliphatic imine (C=N–C) groups is 1. The second-order valence-electron chi connectivity index (χ2n) is 5.14. The Morgan fingerprint density at radius 3 is 2.29 bits per heavy atom. The van der Waals surface area contributed by atoms with Crippen molar-refractivity contribution < 1.29 is 4.74 Å². The average Bonchev–Trinajstić information content (AvgIpc) is 2.11. The summed E-state index contributed by atoms with van der Waals surface area (Å²) in [6.45, 7) is 8.96. The van der Waals surface area contributed by atoms with Gasteiger partial charge in [0.2, 0.25) is 0 Å². The molecule has 0 fully saturated rings. The summed E-state index contributed by atoms with van der Waals surface area (Å²) in [7, 11) is 1.73. The van der Waals surface area contributed by atoms with Crippen molar-refractivity contribution in [2.45, 2.75) is 46.1 Å². The van der Waals surface area contributed by atoms with Gasteiger partial charge in [0.25, 0.3) is 0 Å². The highest BCUT2D eigenvalue weighted by atomic mass is 16.5. The molecule has 0 radical (unpaired) electrons. The van der Waals surface area contributed by atoms with Gasteiger partial charge in [-0.25, -0.2) is 4.99 Å². The molecule has 2 aliphatic rings. The molecule has 0 aromatic rings. The fraction of sp³-hybridized carbons (Fsp3) is 0.750. The van der Waals surface area contributed by atoms with Crippen LogP contribution in [0, 0.1) is 5.41 Å². The maximum Gasteiger partial charge on any atom is 0.192 e. The predicted octanol–water partition coefficient (Wildman–Crippen LogP) is 2.94. The van der Waals surface area contributed by atoms with Crippen molar-refractivity contribution in [2.75, 3.05) is 7.11 Å². The number of fused-ring (bicyclic) bond motifs is 1. The lowest BCUT2D eigenvalue weighted by molar-refractivity contribution is 0.131. The third kappa shape index (κ3) is 0.943. The molecule has 0 spiro atoms. The van der Waals surface area contributed by atoms with Gasteiger partial charge in [-0.05, 0) is 40.5 Å². The first-order valence-corrected chi connectivity index (χ1v) is 5.22. The zero-order chi connectivity index (χ0) is 10.6. The molecule has 78 valence electrons. The Morgan fingerprint density at radius 1 is 1.14 bits per heavy atom. The van der Waals surface area contributed by atoms with Gasteiger partial charge < -0.3 is 4.74 Å². The zero-order valence-electron chi connectivity index (χ0n) is 9.77. The molecule has 0 bridgehead atoms. The van der Waals surface area contributed by atoms with E-state index in [-0.39, 0.29) is 11.0 Å². The lowest BCUT2D eigenvalue weighted by atomic mass is 9.58. The number of nitrogens with zero attached hydrogens (tertiary/aromatic N) is 1. The van der Waals surface area contributed by atoms with Crippen LogP contribution in [0.3, 0.4) is 0 Å². The van der Waals surface area contributed by atoms with Crippen LogP contribution in [0.1, 0.15) is 40.5 Å². The molecule has 2 heteroatoms. The summed E-state index contributed by atoms with van der Waals surface area (Å²) in [4.78, 5) is 4.61. The van der Waals surface area contributed by atoms with Crippen molar-refractivity contribution in [2.24, 2.45) is 10.4 Å². The van der Waals surface area contributed by atoms with Crippen LogP contribution < -0.4 is 0 Å². The molecule has 0 amide bonds. The normalized spacial score (nSPS) is 41.4. The maximum atomic E-state index is 5.33. The maximum absolute atomic E-state index is 5.33. The number of hydrogen-bond acceptors (Lipinski definition) is 2. The van der Waals surface area contributed by atoms with E-state index in [1.54, 1.807) is 7.11 Å². The lowest BCUT2D eigenvalue weighted by Gasteiger charge is -2.54. The van der Waals surface area contributed by atoms with Gasteiger partial charge in [-0.2, -0.15) is 0 Å². The smallest absolute Gasteiger partial charge is 0.192 e. The number of hydrogen-bond donors (Lipinski definition) is 0. The van der Waals surface area contributed by atoms with E-state index in [0.29, 0.717) is 0 Å². The first-order valence-electron chi connectivity index (χ1n) is 5.22. The number of allylic oxidation sites excluding steroid dienone is 1. The molecule has 0 saturated heterocycles. The standard InChI is InChI=1S/C12H19NO/c1-8-6-11(3)10(14-5)13-12(11,4)7-9(8)2/h6-7H2,1-5H3. The van der Waals surface area contributed by atoms with Gasteiger partial charge in [0.05, 0.1) is 18.1 Å². The van der Waals surface area contributed by atoms with Crippen molar-refractivity contribution in [3.8, 4) is 0 Å². The van der Waals surface area contributed by atoms with E-state index in [0.717, 1.165) is 18.7 Å². The van der Waals surface area contributed by atoms with Crippen LogP contribution >= 0.6 is 0 Å². The first-order chi connectivity index (χ1) is 6.43. The molecule has 2 nitrogen and oxygen atoms in total. The van der Waals surface area contributed by atoms with Crippen LogP contribution in [0.5, 0.6) is 0 Å². The third-order valence-corrected chi connectivity index (χ3v) is 4.16. The van der Waals surface area contributed by atoms with Crippen molar-refractivity contribution in [1.29, 1.82) is 0 Å². The largest absolute Gasteiger partial charge is 0.484 e. The van der Waals surface area contributed by atoms with Crippen LogP contribution in [0.4, 0.5) is 0 Å². The third-order valence-electron chi connectivity index (χ3n) is 4.16. The van der Waals surface area contributed by atoms with Crippen molar-refractivity contribution >= 4 is 5.90 Å². The summed E-state index contributed by atoms with van der Waals surface area (Å²) >= 11 is 0. The number of methoxy groups -OCH3 is 1. The molecule has 14 heavy (non-hydrogen) atoms. The fourth-order valence-corrected chi connectivity index (χ4v) is 2.77. The first kappa shape index (κ1) is 9.75. The number of ether oxygens (including phenoxy) is 1. The van der Waals surface area contributed by atoms with E-state index < -0.39 is 0 Å². The predicted molar refractivity (Wildman–Crippen MR) is 58.6 cm³/mol. The van der Waals surface area contributed by atoms with Crippen molar-refractivity contribution in [3.05, 3.63) is 11.1 Å². The van der Waals surface area contributed by atoms with E-state index in [1.165, 1.54) is 11.1 Å². The summed E-state index contributed by atoms with van der Waals surface area (Å²) in [6.07, 6.45) is 2.18. The minimum Gasteiger partial charge on any atom is -0.484 e. The topological polar surface area (TPSA) is 21.6 Å². The Morgan fingerprint density at radius 2 is 1.71 bits per heavy atom. The molecular weight excluding hydrogens is 174 g/mol. The monoisotopic (exact) mass is 193 g/mol. The van der Waals surface area contributed by atoms with Crippen LogP contribution in [0.15, 0.2) is 16.1 Å². The highest BCUT2D eigenvalue weighted by molar-refractivity contribution is 5.90. The number of rotatable bonds is 0. The minimum atomic E-state index is 0.0853. The molecule has 1 heterocycles. The second kappa shape index (κ2) is 2.62. The molecule has 1 aliphatic carbocycles. The van der Waals surface area contributed by atoms with Gasteiger partial charge in [-0.1, -0.05) is 11.1 Å². The second-order valence-corrected chi connectivity index (χ2v) is 5.14. The fourth-order valence-electron chi connectivity index (χ4n) is 2.77. The highest BCUT2D eigenvalue weighted by Gasteiger charge is 2.58. The highest BCUT2D eigenvalue weighted by Crippen LogP contribution is 2.55. The zero-order valence-corrected chi connectivity index (χ0v) is 9.77. The molecule has 2 atom stereocenters. The summed E-state index contributed by atoms with van der Waals surface area (Å²) in [6, 6.07) is 0. The van der Waals surface area contributed by atoms with Crippen molar-refractivity contribution in [1.82, 2.24) is 0 Å². The van der Waals surface area contributed by atoms with Gasteiger partial charge in [0.1, 0.15) is 0 Å². The van der Waals surface area contributed by atoms with Crippen LogP contribution in [-0.4, -0.2) is 18.5 Å². The van der Waals surface area contributed by atoms with Crippen LogP contribution in [0.25, 0.3) is 0 Å². The van der Waals surface area contributed by atoms with Crippen LogP contribution in [0.2, 0.25) is 0 Å². The van der Waals surface area contributed by atoms with Crippen molar-refractivity contribution in [3.63, 3.8) is 0 Å². The minimum absolute atomic E-state index is 0.0853. The Hall–Kier alpha value is -0.790. The van der Waals surface area contributed by atoms with Gasteiger partial charge in [0, 0.05) is 0 Å². The SMILES string of the molecule is COC1=NC2(C)CC(C)=C(C)CC12C. The summed E-state index contributed by atoms with van der Waals surface area (Å²) < 4.78 is 5.33. The van der Waals surface area contributed by atoms with Gasteiger partial charge in [-0.3, -0.25) is 0 Å². The molecule has 0 aromatic heterocycles. The molecule has 0 N–H and O–H groups in total. The molecule has 1 aliphatic heterocycles. The molecule has 0 saturated carbocycles. The Balaban J connectivity index is 2.38. The summed E-state index contributed by atoms with van der Waals surface area (Å²) in [5, 5.41) is 0. The lowest BCUT2D eigenvalue weighted by Crippen LogP contribution is -2.59. The Bertz CT molecular complexity index is 342. The molecule has 2 unspecified atom stereocenters. The van der Waals surface area contributed by atoms with Gasteiger partial charge in [-0.15, -0.1) is 0 Å².